The minimum Gasteiger partial charge on any atom is -0.484 e. The van der Waals surface area contributed by atoms with Gasteiger partial charge in [0.2, 0.25) is 0 Å². The predicted molar refractivity (Wildman–Crippen MR) is 111 cm³/mol. The zero-order chi connectivity index (χ0) is 18.1. The molecule has 0 N–H and O–H groups in total. The van der Waals surface area contributed by atoms with Crippen LogP contribution in [0, 0.1) is 0 Å². The molecular formula is C20H31NO2S2. The quantitative estimate of drug-likeness (QED) is 0.576. The van der Waals surface area contributed by atoms with Gasteiger partial charge in [-0.25, -0.2) is 0 Å². The molecule has 0 radical (unpaired) electrons. The number of rotatable bonds is 9. The van der Waals surface area contributed by atoms with Gasteiger partial charge in [0.15, 0.2) is 6.61 Å². The molecule has 5 heteroatoms. The van der Waals surface area contributed by atoms with E-state index in [9.17, 15) is 4.79 Å². The minimum absolute atomic E-state index is 0.0882. The number of nitrogens with zero attached hydrogens (tertiary/aromatic N) is 1. The Kier molecular flexibility index (Phi) is 9.04. The summed E-state index contributed by atoms with van der Waals surface area (Å²) in [5, 5.41) is 0. The Morgan fingerprint density at radius 3 is 2.52 bits per heavy atom. The van der Waals surface area contributed by atoms with Crippen LogP contribution in [-0.4, -0.2) is 41.5 Å². The van der Waals surface area contributed by atoms with Crippen LogP contribution in [0.2, 0.25) is 0 Å². The van der Waals surface area contributed by atoms with E-state index in [2.05, 4.69) is 32.9 Å². The second-order valence-electron chi connectivity index (χ2n) is 6.48. The maximum atomic E-state index is 12.5. The number of hydrogen-bond acceptors (Lipinski definition) is 4. The van der Waals surface area contributed by atoms with Crippen LogP contribution in [0.1, 0.15) is 56.6 Å². The van der Waals surface area contributed by atoms with Crippen molar-refractivity contribution in [2.75, 3.05) is 24.7 Å². The van der Waals surface area contributed by atoms with E-state index >= 15 is 0 Å². The van der Waals surface area contributed by atoms with Crippen molar-refractivity contribution in [1.82, 2.24) is 4.90 Å². The van der Waals surface area contributed by atoms with E-state index in [1.165, 1.54) is 23.5 Å². The third-order valence-electron chi connectivity index (χ3n) is 4.54. The maximum Gasteiger partial charge on any atom is 0.260 e. The Bertz CT molecular complexity index is 515. The normalized spacial score (nSPS) is 16.4. The molecule has 1 aromatic carbocycles. The van der Waals surface area contributed by atoms with Gasteiger partial charge in [-0.15, -0.1) is 23.5 Å². The molecule has 1 aromatic rings. The lowest BCUT2D eigenvalue weighted by molar-refractivity contribution is -0.135. The molecular weight excluding hydrogens is 350 g/mol. The first-order valence-electron chi connectivity index (χ1n) is 9.41. The van der Waals surface area contributed by atoms with Gasteiger partial charge in [0.05, 0.1) is 4.58 Å². The molecule has 1 aliphatic rings. The molecule has 1 heterocycles. The topological polar surface area (TPSA) is 29.5 Å². The first-order chi connectivity index (χ1) is 12.2. The van der Waals surface area contributed by atoms with E-state index in [1.54, 1.807) is 0 Å². The van der Waals surface area contributed by atoms with Crippen molar-refractivity contribution in [2.45, 2.75) is 57.1 Å². The van der Waals surface area contributed by atoms with Crippen molar-refractivity contribution >= 4 is 29.4 Å². The Morgan fingerprint density at radius 1 is 1.24 bits per heavy atom. The summed E-state index contributed by atoms with van der Waals surface area (Å²) >= 11 is 4.04. The highest BCUT2D eigenvalue weighted by atomic mass is 32.2. The van der Waals surface area contributed by atoms with Gasteiger partial charge in [-0.05, 0) is 55.4 Å². The molecule has 0 aromatic heterocycles. The molecule has 2 rings (SSSR count). The Morgan fingerprint density at radius 2 is 1.92 bits per heavy atom. The molecule has 1 fully saturated rings. The highest BCUT2D eigenvalue weighted by Gasteiger charge is 2.19. The standard InChI is InChI=1S/C20H31NO2S2/c1-4-6-12-21(16(3)5-2)19(22)15-23-18-10-8-17(9-11-18)20-24-13-7-14-25-20/h8-11,16,20H,4-7,12-15H2,1-3H3. The summed E-state index contributed by atoms with van der Waals surface area (Å²) in [6, 6.07) is 8.54. The fourth-order valence-corrected chi connectivity index (χ4v) is 5.66. The van der Waals surface area contributed by atoms with Gasteiger partial charge in [-0.2, -0.15) is 0 Å². The predicted octanol–water partition coefficient (Wildman–Crippen LogP) is 5.36. The van der Waals surface area contributed by atoms with Crippen LogP contribution in [0.4, 0.5) is 0 Å². The number of amides is 1. The van der Waals surface area contributed by atoms with E-state index < -0.39 is 0 Å². The first-order valence-corrected chi connectivity index (χ1v) is 11.5. The number of unbranched alkanes of at least 4 members (excludes halogenated alkanes) is 1. The number of carbonyl (C=O) groups is 1. The van der Waals surface area contributed by atoms with Crippen LogP contribution >= 0.6 is 23.5 Å². The van der Waals surface area contributed by atoms with Gasteiger partial charge in [0.25, 0.3) is 5.91 Å². The van der Waals surface area contributed by atoms with Crippen molar-refractivity contribution in [3.05, 3.63) is 29.8 Å². The van der Waals surface area contributed by atoms with Gasteiger partial charge in [-0.1, -0.05) is 32.4 Å². The lowest BCUT2D eigenvalue weighted by atomic mass is 10.2. The lowest BCUT2D eigenvalue weighted by Crippen LogP contribution is -2.41. The van der Waals surface area contributed by atoms with Crippen LogP contribution in [0.5, 0.6) is 5.75 Å². The van der Waals surface area contributed by atoms with Gasteiger partial charge in [0.1, 0.15) is 5.75 Å². The van der Waals surface area contributed by atoms with Crippen molar-refractivity contribution in [1.29, 1.82) is 0 Å². The number of carbonyl (C=O) groups excluding carboxylic acids is 1. The van der Waals surface area contributed by atoms with E-state index in [1.807, 2.05) is 40.6 Å². The Labute approximate surface area is 161 Å². The molecule has 140 valence electrons. The molecule has 1 amide bonds. The molecule has 25 heavy (non-hydrogen) atoms. The molecule has 1 unspecified atom stereocenters. The summed E-state index contributed by atoms with van der Waals surface area (Å²) in [5.41, 5.74) is 1.34. The smallest absolute Gasteiger partial charge is 0.260 e. The Hall–Kier alpha value is -0.810. The summed E-state index contributed by atoms with van der Waals surface area (Å²) in [6.45, 7) is 7.34. The monoisotopic (exact) mass is 381 g/mol. The van der Waals surface area contributed by atoms with E-state index in [0.717, 1.165) is 31.6 Å². The summed E-state index contributed by atoms with van der Waals surface area (Å²) < 4.78 is 6.30. The zero-order valence-electron chi connectivity index (χ0n) is 15.7. The maximum absolute atomic E-state index is 12.5. The van der Waals surface area contributed by atoms with Crippen LogP contribution in [0.3, 0.4) is 0 Å². The summed E-state index contributed by atoms with van der Waals surface area (Å²) in [5.74, 6) is 3.36. The number of benzene rings is 1. The lowest BCUT2D eigenvalue weighted by Gasteiger charge is -2.28. The molecule has 3 nitrogen and oxygen atoms in total. The second kappa shape index (κ2) is 11.0. The third-order valence-corrected chi connectivity index (χ3v) is 7.55. The number of ether oxygens (including phenoxy) is 1. The molecule has 1 aliphatic heterocycles. The largest absolute Gasteiger partial charge is 0.484 e. The van der Waals surface area contributed by atoms with Crippen LogP contribution in [0.25, 0.3) is 0 Å². The fraction of sp³-hybridized carbons (Fsp3) is 0.650. The number of hydrogen-bond donors (Lipinski definition) is 0. The summed E-state index contributed by atoms with van der Waals surface area (Å²) in [4.78, 5) is 14.5. The van der Waals surface area contributed by atoms with Crippen molar-refractivity contribution in [2.24, 2.45) is 0 Å². The average Bonchev–Trinajstić information content (AvgIpc) is 2.67. The molecule has 0 saturated carbocycles. The van der Waals surface area contributed by atoms with E-state index in [0.29, 0.717) is 4.58 Å². The number of thioether (sulfide) groups is 2. The van der Waals surface area contributed by atoms with Gasteiger partial charge in [0, 0.05) is 12.6 Å². The fourth-order valence-electron chi connectivity index (χ4n) is 2.77. The first kappa shape index (κ1) is 20.5. The van der Waals surface area contributed by atoms with Crippen molar-refractivity contribution in [3.8, 4) is 5.75 Å². The van der Waals surface area contributed by atoms with Crippen molar-refractivity contribution in [3.63, 3.8) is 0 Å². The van der Waals surface area contributed by atoms with E-state index in [-0.39, 0.29) is 18.6 Å². The molecule has 1 atom stereocenters. The van der Waals surface area contributed by atoms with Crippen LogP contribution in [-0.2, 0) is 4.79 Å². The van der Waals surface area contributed by atoms with Gasteiger partial charge in [-0.3, -0.25) is 4.79 Å². The Balaban J connectivity index is 1.87. The van der Waals surface area contributed by atoms with E-state index in [4.69, 9.17) is 4.74 Å². The van der Waals surface area contributed by atoms with Crippen LogP contribution < -0.4 is 4.74 Å². The molecule has 1 saturated heterocycles. The molecule has 0 spiro atoms. The van der Waals surface area contributed by atoms with Crippen LogP contribution in [0.15, 0.2) is 24.3 Å². The highest BCUT2D eigenvalue weighted by Crippen LogP contribution is 2.43. The second-order valence-corrected chi connectivity index (χ2v) is 9.21. The summed E-state index contributed by atoms with van der Waals surface area (Å²) in [7, 11) is 0. The van der Waals surface area contributed by atoms with Gasteiger partial charge >= 0.3 is 0 Å². The SMILES string of the molecule is CCCCN(C(=O)COc1ccc(C2SCCCS2)cc1)C(C)CC. The molecule has 0 aliphatic carbocycles. The van der Waals surface area contributed by atoms with Gasteiger partial charge < -0.3 is 9.64 Å². The highest BCUT2D eigenvalue weighted by molar-refractivity contribution is 8.16. The minimum atomic E-state index is 0.0882. The zero-order valence-corrected chi connectivity index (χ0v) is 17.3. The van der Waals surface area contributed by atoms with Crippen molar-refractivity contribution < 1.29 is 9.53 Å². The third kappa shape index (κ3) is 6.45. The molecule has 0 bridgehead atoms. The average molecular weight is 382 g/mol. The summed E-state index contributed by atoms with van der Waals surface area (Å²) in [6.07, 6.45) is 4.42.